The van der Waals surface area contributed by atoms with Gasteiger partial charge in [-0.3, -0.25) is 4.98 Å². The van der Waals surface area contributed by atoms with Crippen molar-refractivity contribution in [3.8, 4) is 5.75 Å². The van der Waals surface area contributed by atoms with E-state index in [9.17, 15) is 14.3 Å². The van der Waals surface area contributed by atoms with Crippen LogP contribution in [0.3, 0.4) is 0 Å². The van der Waals surface area contributed by atoms with Crippen LogP contribution in [0.15, 0.2) is 67.0 Å². The summed E-state index contributed by atoms with van der Waals surface area (Å²) in [6, 6.07) is 14.9. The minimum atomic E-state index is -1.02. The zero-order chi connectivity index (χ0) is 18.5. The fraction of sp³-hybridized carbons (Fsp3) is 0.100. The van der Waals surface area contributed by atoms with Gasteiger partial charge in [-0.05, 0) is 42.0 Å². The molecule has 0 saturated carbocycles. The van der Waals surface area contributed by atoms with Crippen LogP contribution >= 0.6 is 0 Å². The predicted octanol–water partition coefficient (Wildman–Crippen LogP) is 4.27. The molecule has 3 aromatic rings. The number of halogens is 1. The molecule has 0 amide bonds. The van der Waals surface area contributed by atoms with E-state index in [1.54, 1.807) is 42.7 Å². The zero-order valence-corrected chi connectivity index (χ0v) is 14.1. The van der Waals surface area contributed by atoms with E-state index >= 15 is 0 Å². The van der Waals surface area contributed by atoms with Gasteiger partial charge in [-0.25, -0.2) is 9.18 Å². The highest BCUT2D eigenvalue weighted by atomic mass is 19.1. The van der Waals surface area contributed by atoms with Crippen molar-refractivity contribution in [2.75, 3.05) is 12.0 Å². The predicted molar refractivity (Wildman–Crippen MR) is 96.4 cm³/mol. The smallest absolute Gasteiger partial charge is 0.335 e. The third-order valence-corrected chi connectivity index (χ3v) is 3.92. The molecule has 3 rings (SSSR count). The molecule has 0 atom stereocenters. The van der Waals surface area contributed by atoms with Gasteiger partial charge < -0.3 is 14.7 Å². The molecule has 0 fully saturated rings. The fourth-order valence-electron chi connectivity index (χ4n) is 2.64. The maximum atomic E-state index is 14.2. The Hall–Kier alpha value is -3.41. The number of nitrogens with zero attached hydrogens (tertiary/aromatic N) is 2. The van der Waals surface area contributed by atoms with Crippen molar-refractivity contribution >= 4 is 17.3 Å². The molecule has 26 heavy (non-hydrogen) atoms. The average Bonchev–Trinajstić information content (AvgIpc) is 2.67. The van der Waals surface area contributed by atoms with E-state index in [1.807, 2.05) is 17.0 Å². The minimum Gasteiger partial charge on any atom is -0.494 e. The Morgan fingerprint density at radius 1 is 1.15 bits per heavy atom. The maximum absolute atomic E-state index is 14.2. The second-order valence-corrected chi connectivity index (χ2v) is 5.62. The lowest BCUT2D eigenvalue weighted by Crippen LogP contribution is -2.17. The number of carboxylic acids is 1. The fourth-order valence-corrected chi connectivity index (χ4v) is 2.64. The van der Waals surface area contributed by atoms with Gasteiger partial charge in [-0.15, -0.1) is 0 Å². The molecular formula is C20H17FN2O3. The number of rotatable bonds is 6. The first kappa shape index (κ1) is 17.4. The lowest BCUT2D eigenvalue weighted by Gasteiger charge is -2.25. The summed E-state index contributed by atoms with van der Waals surface area (Å²) in [5.74, 6) is -1.36. The van der Waals surface area contributed by atoms with Gasteiger partial charge in [0, 0.05) is 36.4 Å². The van der Waals surface area contributed by atoms with Crippen LogP contribution in [0.25, 0.3) is 0 Å². The quantitative estimate of drug-likeness (QED) is 0.718. The number of hydrogen-bond donors (Lipinski definition) is 1. The third kappa shape index (κ3) is 3.80. The summed E-state index contributed by atoms with van der Waals surface area (Å²) < 4.78 is 19.2. The highest BCUT2D eigenvalue weighted by Crippen LogP contribution is 2.31. The molecule has 5 nitrogen and oxygen atoms in total. The van der Waals surface area contributed by atoms with E-state index in [4.69, 9.17) is 4.74 Å². The number of aromatic carboxylic acids is 1. The first-order valence-corrected chi connectivity index (χ1v) is 7.92. The Morgan fingerprint density at radius 2 is 1.96 bits per heavy atom. The van der Waals surface area contributed by atoms with Crippen molar-refractivity contribution in [3.05, 3.63) is 83.9 Å². The number of hydrogen-bond acceptors (Lipinski definition) is 4. The largest absolute Gasteiger partial charge is 0.494 e. The molecule has 0 aliphatic rings. The number of benzene rings is 2. The van der Waals surface area contributed by atoms with E-state index in [0.717, 1.165) is 5.56 Å². The Balaban J connectivity index is 2.06. The van der Waals surface area contributed by atoms with Crippen LogP contribution in [-0.4, -0.2) is 23.2 Å². The summed E-state index contributed by atoms with van der Waals surface area (Å²) in [5.41, 5.74) is 2.28. The van der Waals surface area contributed by atoms with E-state index in [0.29, 0.717) is 17.9 Å². The van der Waals surface area contributed by atoms with Crippen LogP contribution in [0, 0.1) is 5.82 Å². The van der Waals surface area contributed by atoms with Gasteiger partial charge in [0.2, 0.25) is 0 Å². The van der Waals surface area contributed by atoms with E-state index in [-0.39, 0.29) is 11.3 Å². The highest BCUT2D eigenvalue weighted by molar-refractivity contribution is 5.89. The summed E-state index contributed by atoms with van der Waals surface area (Å²) in [7, 11) is 1.40. The van der Waals surface area contributed by atoms with Crippen molar-refractivity contribution in [3.63, 3.8) is 0 Å². The van der Waals surface area contributed by atoms with Crippen molar-refractivity contribution in [1.29, 1.82) is 0 Å². The molecule has 1 aromatic heterocycles. The van der Waals surface area contributed by atoms with Crippen LogP contribution in [-0.2, 0) is 6.54 Å². The molecule has 6 heteroatoms. The first-order chi connectivity index (χ1) is 12.6. The molecule has 0 bridgehead atoms. The molecule has 0 unspecified atom stereocenters. The van der Waals surface area contributed by atoms with Crippen LogP contribution in [0.1, 0.15) is 15.9 Å². The van der Waals surface area contributed by atoms with Gasteiger partial charge in [0.1, 0.15) is 0 Å². The molecule has 1 heterocycles. The number of methoxy groups -OCH3 is 1. The molecular weight excluding hydrogens is 335 g/mol. The number of ether oxygens (including phenoxy) is 1. The topological polar surface area (TPSA) is 62.7 Å². The standard InChI is InChI=1S/C20H17FN2O3/c1-26-19-8-7-17(11-18(19)21)23(13-14-4-3-9-22-12-14)16-6-2-5-15(10-16)20(24)25/h2-12H,13H2,1H3,(H,24,25). The lowest BCUT2D eigenvalue weighted by molar-refractivity contribution is 0.0697. The summed E-state index contributed by atoms with van der Waals surface area (Å²) in [4.78, 5) is 17.2. The third-order valence-electron chi connectivity index (χ3n) is 3.92. The minimum absolute atomic E-state index is 0.148. The van der Waals surface area contributed by atoms with Crippen molar-refractivity contribution in [2.24, 2.45) is 0 Å². The van der Waals surface area contributed by atoms with Crippen molar-refractivity contribution in [1.82, 2.24) is 4.98 Å². The molecule has 1 N–H and O–H groups in total. The highest BCUT2D eigenvalue weighted by Gasteiger charge is 2.15. The second-order valence-electron chi connectivity index (χ2n) is 5.62. The van der Waals surface area contributed by atoms with Gasteiger partial charge >= 0.3 is 5.97 Å². The lowest BCUT2D eigenvalue weighted by atomic mass is 10.1. The van der Waals surface area contributed by atoms with Gasteiger partial charge in [-0.1, -0.05) is 12.1 Å². The SMILES string of the molecule is COc1ccc(N(Cc2cccnc2)c2cccc(C(=O)O)c2)cc1F. The number of carbonyl (C=O) groups is 1. The number of carboxylic acid groups (broad SMARTS) is 1. The Morgan fingerprint density at radius 3 is 2.62 bits per heavy atom. The summed E-state index contributed by atoms with van der Waals surface area (Å²) in [6.45, 7) is 0.405. The molecule has 0 aliphatic heterocycles. The van der Waals surface area contributed by atoms with Crippen LogP contribution in [0.4, 0.5) is 15.8 Å². The van der Waals surface area contributed by atoms with E-state index in [1.165, 1.54) is 19.2 Å². The monoisotopic (exact) mass is 352 g/mol. The molecule has 2 aromatic carbocycles. The Bertz CT molecular complexity index is 916. The van der Waals surface area contributed by atoms with E-state index < -0.39 is 11.8 Å². The van der Waals surface area contributed by atoms with Gasteiger partial charge in [0.05, 0.1) is 12.7 Å². The average molecular weight is 352 g/mol. The normalized spacial score (nSPS) is 10.4. The summed E-state index contributed by atoms with van der Waals surface area (Å²) in [5, 5.41) is 9.26. The van der Waals surface area contributed by atoms with Crippen molar-refractivity contribution < 1.29 is 19.0 Å². The van der Waals surface area contributed by atoms with Gasteiger partial charge in [0.25, 0.3) is 0 Å². The first-order valence-electron chi connectivity index (χ1n) is 7.92. The maximum Gasteiger partial charge on any atom is 0.335 e. The van der Waals surface area contributed by atoms with Crippen LogP contribution in [0.5, 0.6) is 5.75 Å². The zero-order valence-electron chi connectivity index (χ0n) is 14.1. The molecule has 0 radical (unpaired) electrons. The van der Waals surface area contributed by atoms with E-state index in [2.05, 4.69) is 4.98 Å². The molecule has 0 saturated heterocycles. The number of aromatic nitrogens is 1. The Kier molecular flexibility index (Phi) is 5.12. The van der Waals surface area contributed by atoms with Crippen LogP contribution < -0.4 is 9.64 Å². The molecule has 0 spiro atoms. The van der Waals surface area contributed by atoms with Crippen molar-refractivity contribution in [2.45, 2.75) is 6.54 Å². The van der Waals surface area contributed by atoms with Gasteiger partial charge in [0.15, 0.2) is 11.6 Å². The number of anilines is 2. The number of pyridine rings is 1. The molecule has 132 valence electrons. The summed E-state index contributed by atoms with van der Waals surface area (Å²) >= 11 is 0. The molecule has 0 aliphatic carbocycles. The van der Waals surface area contributed by atoms with Crippen LogP contribution in [0.2, 0.25) is 0 Å². The van der Waals surface area contributed by atoms with Gasteiger partial charge in [-0.2, -0.15) is 0 Å². The second kappa shape index (κ2) is 7.65. The Labute approximate surface area is 150 Å². The summed E-state index contributed by atoms with van der Waals surface area (Å²) in [6.07, 6.45) is 3.39.